The minimum Gasteiger partial charge on any atom is -0.309 e. The van der Waals surface area contributed by atoms with Gasteiger partial charge in [-0.3, -0.25) is 4.79 Å². The van der Waals surface area contributed by atoms with E-state index in [9.17, 15) is 4.79 Å². The topological polar surface area (TPSA) is 45.8 Å². The predicted molar refractivity (Wildman–Crippen MR) is 85.2 cm³/mol. The Morgan fingerprint density at radius 1 is 1.20 bits per heavy atom. The normalized spacial score (nSPS) is 11.9. The summed E-state index contributed by atoms with van der Waals surface area (Å²) in [7, 11) is 0. The largest absolute Gasteiger partial charge is 0.309 e. The molecular formula is C16H19BrN2O. The van der Waals surface area contributed by atoms with Crippen LogP contribution >= 0.6 is 15.9 Å². The molecule has 0 saturated carbocycles. The molecule has 0 spiro atoms. The number of aromatic nitrogens is 2. The van der Waals surface area contributed by atoms with Crippen molar-refractivity contribution in [3.8, 4) is 0 Å². The lowest BCUT2D eigenvalue weighted by atomic mass is 9.83. The molecule has 0 saturated heterocycles. The molecule has 106 valence electrons. The molecule has 0 atom stereocenters. The maximum atomic E-state index is 12.1. The van der Waals surface area contributed by atoms with Gasteiger partial charge in [-0.05, 0) is 41.3 Å². The van der Waals surface area contributed by atoms with Crippen molar-refractivity contribution in [2.45, 2.75) is 39.0 Å². The second-order valence-electron chi connectivity index (χ2n) is 5.76. The van der Waals surface area contributed by atoms with Crippen LogP contribution < -0.4 is 5.56 Å². The van der Waals surface area contributed by atoms with Crippen LogP contribution in [0.1, 0.15) is 50.7 Å². The van der Waals surface area contributed by atoms with Gasteiger partial charge in [-0.15, -0.1) is 0 Å². The van der Waals surface area contributed by atoms with Crippen molar-refractivity contribution in [3.05, 3.63) is 62.2 Å². The maximum Gasteiger partial charge on any atom is 0.265 e. The van der Waals surface area contributed by atoms with E-state index in [-0.39, 0.29) is 16.9 Å². The Bertz CT molecular complexity index is 660. The Kier molecular flexibility index (Phi) is 4.14. The van der Waals surface area contributed by atoms with E-state index in [2.05, 4.69) is 51.9 Å². The van der Waals surface area contributed by atoms with Crippen LogP contribution in [0.2, 0.25) is 0 Å². The molecule has 0 amide bonds. The lowest BCUT2D eigenvalue weighted by Gasteiger charge is -2.25. The van der Waals surface area contributed by atoms with E-state index in [4.69, 9.17) is 0 Å². The standard InChI is InChI=1S/C16H19BrN2O/c1-10(2)13-12(17)14(20)19-15(18-13)16(3,4)11-8-6-5-7-9-11/h5-10H,1-4H3,(H,18,19,20). The van der Waals surface area contributed by atoms with Crippen molar-refractivity contribution in [1.29, 1.82) is 0 Å². The molecule has 1 aromatic carbocycles. The van der Waals surface area contributed by atoms with Crippen molar-refractivity contribution in [2.24, 2.45) is 0 Å². The van der Waals surface area contributed by atoms with Crippen LogP contribution in [0.4, 0.5) is 0 Å². The molecule has 0 aliphatic heterocycles. The highest BCUT2D eigenvalue weighted by Crippen LogP contribution is 2.30. The molecule has 0 bridgehead atoms. The average Bonchev–Trinajstić information content (AvgIpc) is 2.42. The fourth-order valence-corrected chi connectivity index (χ4v) is 2.79. The van der Waals surface area contributed by atoms with E-state index < -0.39 is 0 Å². The summed E-state index contributed by atoms with van der Waals surface area (Å²) in [5, 5.41) is 0. The summed E-state index contributed by atoms with van der Waals surface area (Å²) >= 11 is 3.33. The molecule has 0 unspecified atom stereocenters. The third-order valence-electron chi connectivity index (χ3n) is 3.52. The second-order valence-corrected chi connectivity index (χ2v) is 6.55. The highest BCUT2D eigenvalue weighted by atomic mass is 79.9. The smallest absolute Gasteiger partial charge is 0.265 e. The molecule has 0 fully saturated rings. The van der Waals surface area contributed by atoms with Crippen molar-refractivity contribution >= 4 is 15.9 Å². The van der Waals surface area contributed by atoms with Gasteiger partial charge in [0.05, 0.1) is 5.69 Å². The Labute approximate surface area is 127 Å². The van der Waals surface area contributed by atoms with E-state index in [1.165, 1.54) is 0 Å². The third-order valence-corrected chi connectivity index (χ3v) is 4.29. The Balaban J connectivity index is 2.61. The van der Waals surface area contributed by atoms with Gasteiger partial charge in [0.1, 0.15) is 10.3 Å². The minimum atomic E-state index is -0.342. The molecule has 4 heteroatoms. The lowest BCUT2D eigenvalue weighted by molar-refractivity contribution is 0.576. The van der Waals surface area contributed by atoms with E-state index in [0.29, 0.717) is 10.3 Å². The fraction of sp³-hybridized carbons (Fsp3) is 0.375. The molecule has 2 aromatic rings. The van der Waals surface area contributed by atoms with Gasteiger partial charge in [0.25, 0.3) is 5.56 Å². The Morgan fingerprint density at radius 2 is 1.80 bits per heavy atom. The molecule has 0 aliphatic rings. The van der Waals surface area contributed by atoms with Gasteiger partial charge in [-0.25, -0.2) is 4.98 Å². The number of nitrogens with zero attached hydrogens (tertiary/aromatic N) is 1. The van der Waals surface area contributed by atoms with Crippen molar-refractivity contribution in [2.75, 3.05) is 0 Å². The first kappa shape index (κ1) is 15.0. The summed E-state index contributed by atoms with van der Waals surface area (Å²) in [6, 6.07) is 10.1. The highest BCUT2D eigenvalue weighted by molar-refractivity contribution is 9.10. The second kappa shape index (κ2) is 5.52. The number of benzene rings is 1. The third kappa shape index (κ3) is 2.70. The number of rotatable bonds is 3. The molecular weight excluding hydrogens is 316 g/mol. The zero-order valence-corrected chi connectivity index (χ0v) is 13.8. The van der Waals surface area contributed by atoms with Gasteiger partial charge in [0.2, 0.25) is 0 Å². The van der Waals surface area contributed by atoms with Gasteiger partial charge in [-0.2, -0.15) is 0 Å². The first-order chi connectivity index (χ1) is 9.34. The van der Waals surface area contributed by atoms with Crippen molar-refractivity contribution in [1.82, 2.24) is 9.97 Å². The van der Waals surface area contributed by atoms with Gasteiger partial charge in [0.15, 0.2) is 0 Å². The number of halogens is 1. The number of hydrogen-bond donors (Lipinski definition) is 1. The van der Waals surface area contributed by atoms with E-state index in [0.717, 1.165) is 11.3 Å². The van der Waals surface area contributed by atoms with E-state index >= 15 is 0 Å². The first-order valence-corrected chi connectivity index (χ1v) is 7.49. The van der Waals surface area contributed by atoms with Crippen LogP contribution in [0, 0.1) is 0 Å². The summed E-state index contributed by atoms with van der Waals surface area (Å²) in [6.45, 7) is 8.20. The minimum absolute atomic E-state index is 0.122. The van der Waals surface area contributed by atoms with Crippen molar-refractivity contribution in [3.63, 3.8) is 0 Å². The lowest BCUT2D eigenvalue weighted by Crippen LogP contribution is -2.28. The summed E-state index contributed by atoms with van der Waals surface area (Å²) in [4.78, 5) is 19.7. The van der Waals surface area contributed by atoms with Crippen LogP contribution in [0.25, 0.3) is 0 Å². The highest BCUT2D eigenvalue weighted by Gasteiger charge is 2.27. The average molecular weight is 335 g/mol. The molecule has 2 rings (SSSR count). The fourth-order valence-electron chi connectivity index (χ4n) is 2.15. The molecule has 3 nitrogen and oxygen atoms in total. The monoisotopic (exact) mass is 334 g/mol. The van der Waals surface area contributed by atoms with Crippen LogP contribution in [-0.4, -0.2) is 9.97 Å². The number of hydrogen-bond acceptors (Lipinski definition) is 2. The Morgan fingerprint density at radius 3 is 2.35 bits per heavy atom. The first-order valence-electron chi connectivity index (χ1n) is 6.69. The molecule has 0 radical (unpaired) electrons. The SMILES string of the molecule is CC(C)c1nc(C(C)(C)c2ccccc2)[nH]c(=O)c1Br. The van der Waals surface area contributed by atoms with Crippen LogP contribution in [0.5, 0.6) is 0 Å². The van der Waals surface area contributed by atoms with Crippen LogP contribution in [0.3, 0.4) is 0 Å². The molecule has 20 heavy (non-hydrogen) atoms. The Hall–Kier alpha value is -1.42. The zero-order chi connectivity index (χ0) is 14.9. The number of nitrogens with one attached hydrogen (secondary N) is 1. The van der Waals surface area contributed by atoms with Crippen molar-refractivity contribution < 1.29 is 0 Å². The van der Waals surface area contributed by atoms with E-state index in [1.807, 2.05) is 32.0 Å². The van der Waals surface area contributed by atoms with Crippen LogP contribution in [-0.2, 0) is 5.41 Å². The predicted octanol–water partition coefficient (Wildman–Crippen LogP) is 3.98. The number of H-pyrrole nitrogens is 1. The molecule has 1 heterocycles. The van der Waals surface area contributed by atoms with Gasteiger partial charge in [0, 0.05) is 5.41 Å². The summed E-state index contributed by atoms with van der Waals surface area (Å²) in [5.41, 5.74) is 1.46. The van der Waals surface area contributed by atoms with Gasteiger partial charge in [-0.1, -0.05) is 44.2 Å². The summed E-state index contributed by atoms with van der Waals surface area (Å²) in [5.74, 6) is 0.887. The molecule has 0 aliphatic carbocycles. The van der Waals surface area contributed by atoms with Gasteiger partial charge >= 0.3 is 0 Å². The zero-order valence-electron chi connectivity index (χ0n) is 12.2. The quantitative estimate of drug-likeness (QED) is 0.922. The van der Waals surface area contributed by atoms with E-state index in [1.54, 1.807) is 0 Å². The maximum absolute atomic E-state index is 12.1. The molecule has 1 aromatic heterocycles. The number of aromatic amines is 1. The summed E-state index contributed by atoms with van der Waals surface area (Å²) < 4.78 is 0.528. The summed E-state index contributed by atoms with van der Waals surface area (Å²) in [6.07, 6.45) is 0. The van der Waals surface area contributed by atoms with Crippen LogP contribution in [0.15, 0.2) is 39.6 Å². The van der Waals surface area contributed by atoms with Gasteiger partial charge < -0.3 is 4.98 Å². The molecule has 1 N–H and O–H groups in total.